The molecule has 0 fully saturated rings. The molecule has 0 saturated carbocycles. The lowest BCUT2D eigenvalue weighted by Gasteiger charge is -2.07. The zero-order valence-electron chi connectivity index (χ0n) is 10.7. The van der Waals surface area contributed by atoms with E-state index in [1.54, 1.807) is 0 Å². The summed E-state index contributed by atoms with van der Waals surface area (Å²) in [5, 5.41) is 8.50. The van der Waals surface area contributed by atoms with Crippen LogP contribution in [0.4, 0.5) is 0 Å². The largest absolute Gasteiger partial charge is 0.334 e. The van der Waals surface area contributed by atoms with Crippen LogP contribution in [0, 0.1) is 0 Å². The van der Waals surface area contributed by atoms with E-state index in [-0.39, 0.29) is 11.3 Å². The van der Waals surface area contributed by atoms with Crippen LogP contribution in [0.5, 0.6) is 0 Å². The van der Waals surface area contributed by atoms with Crippen molar-refractivity contribution < 1.29 is 0 Å². The van der Waals surface area contributed by atoms with Crippen LogP contribution in [0.15, 0.2) is 40.3 Å². The molecule has 0 radical (unpaired) electrons. The van der Waals surface area contributed by atoms with Crippen molar-refractivity contribution in [3.63, 3.8) is 0 Å². The molecule has 5 nitrogen and oxygen atoms in total. The number of benzene rings is 1. The maximum absolute atomic E-state index is 12.1. The van der Waals surface area contributed by atoms with Gasteiger partial charge in [-0.15, -0.1) is 10.2 Å². The second kappa shape index (κ2) is 6.38. The van der Waals surface area contributed by atoms with Crippen molar-refractivity contribution >= 4 is 11.8 Å². The van der Waals surface area contributed by atoms with Crippen LogP contribution in [0.3, 0.4) is 0 Å². The van der Waals surface area contributed by atoms with Crippen molar-refractivity contribution in [3.8, 4) is 11.3 Å². The monoisotopic (exact) mass is 276 g/mol. The summed E-state index contributed by atoms with van der Waals surface area (Å²) in [4.78, 5) is 12.1. The SMILES string of the molecule is CCCCSc1nnc(-c2ccccc2)c(=O)n1N. The second-order valence-corrected chi connectivity index (χ2v) is 5.14. The van der Waals surface area contributed by atoms with E-state index in [2.05, 4.69) is 17.1 Å². The first kappa shape index (κ1) is 13.6. The minimum absolute atomic E-state index is 0.281. The number of hydrogen-bond acceptors (Lipinski definition) is 5. The first-order valence-electron chi connectivity index (χ1n) is 6.17. The Morgan fingerprint density at radius 2 is 2.00 bits per heavy atom. The minimum Gasteiger partial charge on any atom is -0.334 e. The van der Waals surface area contributed by atoms with Crippen molar-refractivity contribution in [2.24, 2.45) is 0 Å². The molecule has 100 valence electrons. The van der Waals surface area contributed by atoms with Gasteiger partial charge >= 0.3 is 0 Å². The molecule has 0 amide bonds. The first-order chi connectivity index (χ1) is 9.24. The topological polar surface area (TPSA) is 73.8 Å². The number of nitrogens with zero attached hydrogens (tertiary/aromatic N) is 3. The fourth-order valence-electron chi connectivity index (χ4n) is 1.57. The van der Waals surface area contributed by atoms with Crippen LogP contribution in [-0.4, -0.2) is 20.6 Å². The standard InChI is InChI=1S/C13H16N4OS/c1-2-3-9-19-13-16-15-11(12(18)17(13)14)10-7-5-4-6-8-10/h4-8H,2-3,9,14H2,1H3. The lowest BCUT2D eigenvalue weighted by Crippen LogP contribution is -2.32. The molecule has 0 aliphatic rings. The maximum Gasteiger partial charge on any atom is 0.299 e. The molecule has 2 aromatic rings. The number of aromatic nitrogens is 3. The Balaban J connectivity index is 2.30. The Kier molecular flexibility index (Phi) is 4.57. The van der Waals surface area contributed by atoms with Crippen molar-refractivity contribution in [1.29, 1.82) is 0 Å². The van der Waals surface area contributed by atoms with E-state index >= 15 is 0 Å². The molecule has 0 bridgehead atoms. The fourth-order valence-corrected chi connectivity index (χ4v) is 2.50. The van der Waals surface area contributed by atoms with Crippen molar-refractivity contribution in [2.45, 2.75) is 24.9 Å². The second-order valence-electron chi connectivity index (χ2n) is 4.07. The number of rotatable bonds is 5. The van der Waals surface area contributed by atoms with Gasteiger partial charge in [-0.2, -0.15) is 4.68 Å². The highest BCUT2D eigenvalue weighted by molar-refractivity contribution is 7.99. The van der Waals surface area contributed by atoms with Crippen LogP contribution in [0.1, 0.15) is 19.8 Å². The van der Waals surface area contributed by atoms with Gasteiger partial charge in [0.15, 0.2) is 5.69 Å². The Hall–Kier alpha value is -1.82. The molecule has 0 saturated heterocycles. The molecule has 0 unspecified atom stereocenters. The Labute approximate surface area is 115 Å². The van der Waals surface area contributed by atoms with Gasteiger partial charge in [-0.25, -0.2) is 0 Å². The summed E-state index contributed by atoms with van der Waals surface area (Å²) in [6.07, 6.45) is 2.15. The summed E-state index contributed by atoms with van der Waals surface area (Å²) in [7, 11) is 0. The zero-order chi connectivity index (χ0) is 13.7. The van der Waals surface area contributed by atoms with E-state index < -0.39 is 0 Å². The molecular formula is C13H16N4OS. The third-order valence-corrected chi connectivity index (χ3v) is 3.67. The average Bonchev–Trinajstić information content (AvgIpc) is 2.45. The number of nitrogens with two attached hydrogens (primary N) is 1. The van der Waals surface area contributed by atoms with Gasteiger partial charge in [-0.3, -0.25) is 4.79 Å². The summed E-state index contributed by atoms with van der Waals surface area (Å²) in [5.74, 6) is 6.67. The number of unbranched alkanes of at least 4 members (excludes halogenated alkanes) is 1. The molecular weight excluding hydrogens is 260 g/mol. The highest BCUT2D eigenvalue weighted by atomic mass is 32.2. The number of thioether (sulfide) groups is 1. The smallest absolute Gasteiger partial charge is 0.299 e. The first-order valence-corrected chi connectivity index (χ1v) is 7.15. The van der Waals surface area contributed by atoms with Gasteiger partial charge in [0.2, 0.25) is 5.16 Å². The zero-order valence-corrected chi connectivity index (χ0v) is 11.6. The van der Waals surface area contributed by atoms with Gasteiger partial charge in [0.1, 0.15) is 0 Å². The maximum atomic E-state index is 12.1. The summed E-state index contributed by atoms with van der Waals surface area (Å²) >= 11 is 1.45. The van der Waals surface area contributed by atoms with Gasteiger partial charge < -0.3 is 5.84 Å². The summed E-state index contributed by atoms with van der Waals surface area (Å²) in [6, 6.07) is 9.21. The van der Waals surface area contributed by atoms with E-state index in [1.165, 1.54) is 11.8 Å². The molecule has 0 spiro atoms. The average molecular weight is 276 g/mol. The lowest BCUT2D eigenvalue weighted by atomic mass is 10.2. The van der Waals surface area contributed by atoms with Gasteiger partial charge in [-0.05, 0) is 6.42 Å². The van der Waals surface area contributed by atoms with E-state index in [0.717, 1.165) is 28.8 Å². The molecule has 0 aliphatic carbocycles. The number of nitrogen functional groups attached to an aromatic ring is 1. The summed E-state index contributed by atoms with van der Waals surface area (Å²) < 4.78 is 1.08. The molecule has 2 rings (SSSR count). The highest BCUT2D eigenvalue weighted by Gasteiger charge is 2.11. The normalized spacial score (nSPS) is 10.6. The molecule has 0 atom stereocenters. The van der Waals surface area contributed by atoms with Crippen LogP contribution in [0.2, 0.25) is 0 Å². The Bertz CT molecular complexity index is 597. The molecule has 6 heteroatoms. The van der Waals surface area contributed by atoms with Crippen molar-refractivity contribution in [2.75, 3.05) is 11.6 Å². The van der Waals surface area contributed by atoms with E-state index in [9.17, 15) is 4.79 Å². The third kappa shape index (κ3) is 3.14. The summed E-state index contributed by atoms with van der Waals surface area (Å²) in [6.45, 7) is 2.11. The van der Waals surface area contributed by atoms with Crippen LogP contribution in [0.25, 0.3) is 11.3 Å². The van der Waals surface area contributed by atoms with E-state index in [1.807, 2.05) is 30.3 Å². The molecule has 2 N–H and O–H groups in total. The van der Waals surface area contributed by atoms with Crippen molar-refractivity contribution in [1.82, 2.24) is 14.9 Å². The van der Waals surface area contributed by atoms with Gasteiger partial charge in [0.05, 0.1) is 0 Å². The minimum atomic E-state index is -0.319. The lowest BCUT2D eigenvalue weighted by molar-refractivity contribution is 0.703. The summed E-state index contributed by atoms with van der Waals surface area (Å²) in [5.41, 5.74) is 0.687. The van der Waals surface area contributed by atoms with Crippen molar-refractivity contribution in [3.05, 3.63) is 40.7 Å². The molecule has 1 heterocycles. The fraction of sp³-hybridized carbons (Fsp3) is 0.308. The van der Waals surface area contributed by atoms with E-state index in [4.69, 9.17) is 5.84 Å². The van der Waals surface area contributed by atoms with Gasteiger partial charge in [0, 0.05) is 11.3 Å². The van der Waals surface area contributed by atoms with Gasteiger partial charge in [0.25, 0.3) is 5.56 Å². The molecule has 1 aromatic heterocycles. The number of hydrogen-bond donors (Lipinski definition) is 1. The van der Waals surface area contributed by atoms with Gasteiger partial charge in [-0.1, -0.05) is 55.4 Å². The van der Waals surface area contributed by atoms with Crippen LogP contribution in [-0.2, 0) is 0 Å². The third-order valence-electron chi connectivity index (χ3n) is 2.64. The van der Waals surface area contributed by atoms with Crippen LogP contribution >= 0.6 is 11.8 Å². The highest BCUT2D eigenvalue weighted by Crippen LogP contribution is 2.16. The van der Waals surface area contributed by atoms with Crippen LogP contribution < -0.4 is 11.4 Å². The predicted molar refractivity (Wildman–Crippen MR) is 77.5 cm³/mol. The molecule has 0 aliphatic heterocycles. The molecule has 19 heavy (non-hydrogen) atoms. The predicted octanol–water partition coefficient (Wildman–Crippen LogP) is 1.91. The quantitative estimate of drug-likeness (QED) is 0.513. The van der Waals surface area contributed by atoms with E-state index in [0.29, 0.717) is 5.16 Å². The Morgan fingerprint density at radius 3 is 2.68 bits per heavy atom. The molecule has 1 aromatic carbocycles. The Morgan fingerprint density at radius 1 is 1.26 bits per heavy atom.